The Morgan fingerprint density at radius 3 is 2.19 bits per heavy atom. The van der Waals surface area contributed by atoms with Gasteiger partial charge >= 0.3 is 0 Å². The first-order chi connectivity index (χ1) is 16.8. The van der Waals surface area contributed by atoms with Crippen LogP contribution in [0.15, 0.2) is 23.1 Å². The first kappa shape index (κ1) is 28.4. The monoisotopic (exact) mass is 515 g/mol. The van der Waals surface area contributed by atoms with E-state index < -0.39 is 8.32 Å². The van der Waals surface area contributed by atoms with Crippen LogP contribution in [-0.2, 0) is 31.0 Å². The molecule has 0 saturated heterocycles. The van der Waals surface area contributed by atoms with Crippen molar-refractivity contribution in [2.75, 3.05) is 48.0 Å². The Morgan fingerprint density at radius 2 is 1.67 bits per heavy atom. The Balaban J connectivity index is 1.92. The van der Waals surface area contributed by atoms with Gasteiger partial charge in [0.15, 0.2) is 8.32 Å². The van der Waals surface area contributed by atoms with Gasteiger partial charge in [-0.3, -0.25) is 9.69 Å². The molecular formula is C28H45N3O4Si. The molecule has 0 aliphatic carbocycles. The zero-order valence-electron chi connectivity index (χ0n) is 23.9. The molecule has 200 valence electrons. The molecule has 0 fully saturated rings. The van der Waals surface area contributed by atoms with Gasteiger partial charge in [0, 0.05) is 57.2 Å². The highest BCUT2D eigenvalue weighted by Gasteiger charge is 2.37. The third kappa shape index (κ3) is 6.05. The van der Waals surface area contributed by atoms with Crippen molar-refractivity contribution in [2.24, 2.45) is 7.05 Å². The van der Waals surface area contributed by atoms with Gasteiger partial charge in [-0.15, -0.1) is 0 Å². The van der Waals surface area contributed by atoms with Crippen molar-refractivity contribution in [3.63, 3.8) is 0 Å². The summed E-state index contributed by atoms with van der Waals surface area (Å²) in [7, 11) is 7.49. The molecule has 2 heterocycles. The van der Waals surface area contributed by atoms with E-state index in [9.17, 15) is 4.79 Å². The topological polar surface area (TPSA) is 56.2 Å². The second-order valence-electron chi connectivity index (χ2n) is 11.6. The Labute approximate surface area is 218 Å². The normalized spacial score (nSPS) is 14.8. The van der Waals surface area contributed by atoms with E-state index in [0.717, 1.165) is 58.8 Å². The molecule has 2 aromatic rings. The van der Waals surface area contributed by atoms with Crippen LogP contribution in [0.4, 0.5) is 0 Å². The average Bonchev–Trinajstić information content (AvgIpc) is 2.80. The van der Waals surface area contributed by atoms with Crippen LogP contribution in [0.1, 0.15) is 37.5 Å². The molecule has 1 aromatic carbocycles. The zero-order valence-corrected chi connectivity index (χ0v) is 24.9. The van der Waals surface area contributed by atoms with Crippen molar-refractivity contribution in [1.82, 2.24) is 14.4 Å². The molecule has 0 atom stereocenters. The Kier molecular flexibility index (Phi) is 8.76. The third-order valence-electron chi connectivity index (χ3n) is 7.72. The van der Waals surface area contributed by atoms with E-state index in [2.05, 4.69) is 55.8 Å². The summed E-state index contributed by atoms with van der Waals surface area (Å²) < 4.78 is 19.6. The molecule has 0 radical (unpaired) electrons. The van der Waals surface area contributed by atoms with Gasteiger partial charge in [0.2, 0.25) is 0 Å². The molecule has 1 aliphatic rings. The molecule has 1 aliphatic heterocycles. The van der Waals surface area contributed by atoms with E-state index in [-0.39, 0.29) is 10.6 Å². The minimum absolute atomic E-state index is 0.0759. The standard InChI is InChI=1S/C28H45N3O4Si/c1-28(2,3)36(9,10)35-14-13-31-12-11-21-22(18-30(6)27(32)23(21)19-31)20-15-25(33-7)24(17-29(4)5)26(16-20)34-8/h15-16,18H,11-14,17,19H2,1-10H3. The van der Waals surface area contributed by atoms with Crippen LogP contribution >= 0.6 is 0 Å². The van der Waals surface area contributed by atoms with Gasteiger partial charge < -0.3 is 23.4 Å². The van der Waals surface area contributed by atoms with Crippen LogP contribution in [0.3, 0.4) is 0 Å². The number of nitrogens with zero attached hydrogens (tertiary/aromatic N) is 3. The summed E-state index contributed by atoms with van der Waals surface area (Å²) in [6, 6.07) is 4.14. The lowest BCUT2D eigenvalue weighted by molar-refractivity contribution is 0.186. The molecule has 36 heavy (non-hydrogen) atoms. The summed E-state index contributed by atoms with van der Waals surface area (Å²) in [6.45, 7) is 15.2. The van der Waals surface area contributed by atoms with E-state index in [1.807, 2.05) is 27.3 Å². The lowest BCUT2D eigenvalue weighted by atomic mass is 9.91. The van der Waals surface area contributed by atoms with Gasteiger partial charge in [0.05, 0.1) is 19.8 Å². The van der Waals surface area contributed by atoms with Crippen LogP contribution in [-0.4, -0.2) is 70.7 Å². The smallest absolute Gasteiger partial charge is 0.255 e. The molecule has 3 rings (SSSR count). The highest BCUT2D eigenvalue weighted by Crippen LogP contribution is 2.38. The van der Waals surface area contributed by atoms with Gasteiger partial charge in [0.25, 0.3) is 5.56 Å². The number of benzene rings is 1. The summed E-state index contributed by atoms with van der Waals surface area (Å²) in [6.07, 6.45) is 2.78. The highest BCUT2D eigenvalue weighted by atomic mass is 28.4. The molecule has 0 saturated carbocycles. The minimum atomic E-state index is -1.79. The molecule has 0 spiro atoms. The maximum atomic E-state index is 13.2. The van der Waals surface area contributed by atoms with Gasteiger partial charge in [-0.25, -0.2) is 0 Å². The van der Waals surface area contributed by atoms with E-state index in [1.165, 1.54) is 0 Å². The Bertz CT molecular complexity index is 1110. The fraction of sp³-hybridized carbons (Fsp3) is 0.607. The third-order valence-corrected chi connectivity index (χ3v) is 12.3. The number of pyridine rings is 1. The van der Waals surface area contributed by atoms with E-state index >= 15 is 0 Å². The SMILES string of the molecule is COc1cc(-c2cn(C)c(=O)c3c2CCN(CCO[Si](C)(C)C(C)(C)C)C3)cc(OC)c1CN(C)C. The van der Waals surface area contributed by atoms with E-state index in [0.29, 0.717) is 19.7 Å². The molecule has 0 amide bonds. The quantitative estimate of drug-likeness (QED) is 0.458. The van der Waals surface area contributed by atoms with E-state index in [4.69, 9.17) is 13.9 Å². The first-order valence-electron chi connectivity index (χ1n) is 12.8. The first-order valence-corrected chi connectivity index (χ1v) is 15.7. The van der Waals surface area contributed by atoms with Crippen molar-refractivity contribution in [3.8, 4) is 22.6 Å². The summed E-state index contributed by atoms with van der Waals surface area (Å²) in [5, 5.41) is 0.191. The summed E-state index contributed by atoms with van der Waals surface area (Å²) in [5.74, 6) is 1.58. The Hall–Kier alpha value is -2.13. The molecule has 8 heteroatoms. The highest BCUT2D eigenvalue weighted by molar-refractivity contribution is 6.74. The van der Waals surface area contributed by atoms with Crippen molar-refractivity contribution in [1.29, 1.82) is 0 Å². The zero-order chi connectivity index (χ0) is 26.8. The second-order valence-corrected chi connectivity index (χ2v) is 16.5. The van der Waals surface area contributed by atoms with Gasteiger partial charge in [0.1, 0.15) is 11.5 Å². The fourth-order valence-corrected chi connectivity index (χ4v) is 5.59. The number of ether oxygens (including phenoxy) is 2. The number of rotatable bonds is 9. The van der Waals surface area contributed by atoms with Gasteiger partial charge in [-0.1, -0.05) is 20.8 Å². The number of hydrogen-bond donors (Lipinski definition) is 0. The predicted octanol–water partition coefficient (Wildman–Crippen LogP) is 4.51. The lowest BCUT2D eigenvalue weighted by Crippen LogP contribution is -2.44. The fourth-order valence-electron chi connectivity index (χ4n) is 4.55. The molecule has 7 nitrogen and oxygen atoms in total. The van der Waals surface area contributed by atoms with Crippen molar-refractivity contribution in [3.05, 3.63) is 45.4 Å². The maximum Gasteiger partial charge on any atom is 0.255 e. The van der Waals surface area contributed by atoms with Crippen LogP contribution in [0, 0.1) is 0 Å². The second kappa shape index (κ2) is 11.1. The number of methoxy groups -OCH3 is 2. The predicted molar refractivity (Wildman–Crippen MR) is 150 cm³/mol. The van der Waals surface area contributed by atoms with Crippen LogP contribution in [0.5, 0.6) is 11.5 Å². The largest absolute Gasteiger partial charge is 0.496 e. The summed E-state index contributed by atoms with van der Waals surface area (Å²) >= 11 is 0. The molecule has 0 N–H and O–H groups in total. The van der Waals surface area contributed by atoms with Crippen LogP contribution in [0.2, 0.25) is 18.1 Å². The number of fused-ring (bicyclic) bond motifs is 1. The number of hydrogen-bond acceptors (Lipinski definition) is 6. The molecule has 0 unspecified atom stereocenters. The number of aryl methyl sites for hydroxylation is 1. The van der Waals surface area contributed by atoms with Gasteiger partial charge in [-0.2, -0.15) is 0 Å². The van der Waals surface area contributed by atoms with Crippen molar-refractivity contribution >= 4 is 8.32 Å². The van der Waals surface area contributed by atoms with E-state index in [1.54, 1.807) is 18.8 Å². The molecule has 1 aromatic heterocycles. The van der Waals surface area contributed by atoms with Crippen molar-refractivity contribution < 1.29 is 13.9 Å². The molecule has 0 bridgehead atoms. The van der Waals surface area contributed by atoms with Crippen molar-refractivity contribution in [2.45, 2.75) is 58.4 Å². The van der Waals surface area contributed by atoms with Gasteiger partial charge in [-0.05, 0) is 61.9 Å². The average molecular weight is 516 g/mol. The minimum Gasteiger partial charge on any atom is -0.496 e. The lowest BCUT2D eigenvalue weighted by Gasteiger charge is -2.37. The maximum absolute atomic E-state index is 13.2. The Morgan fingerprint density at radius 1 is 1.06 bits per heavy atom. The summed E-state index contributed by atoms with van der Waals surface area (Å²) in [4.78, 5) is 17.6. The summed E-state index contributed by atoms with van der Waals surface area (Å²) in [5.41, 5.74) is 5.17. The van der Waals surface area contributed by atoms with Crippen LogP contribution in [0.25, 0.3) is 11.1 Å². The number of aromatic nitrogens is 1. The molecular weight excluding hydrogens is 470 g/mol. The van der Waals surface area contributed by atoms with Crippen LogP contribution < -0.4 is 15.0 Å².